The van der Waals surface area contributed by atoms with Crippen LogP contribution >= 0.6 is 0 Å². The SMILES string of the molecule is NC(=NCCNC(=O)C1CC1)Nc1ccccn1. The van der Waals surface area contributed by atoms with Crippen LogP contribution in [0.25, 0.3) is 0 Å². The second-order valence-electron chi connectivity index (χ2n) is 4.17. The molecule has 6 nitrogen and oxygen atoms in total. The first-order valence-corrected chi connectivity index (χ1v) is 6.01. The highest BCUT2D eigenvalue weighted by Gasteiger charge is 2.28. The molecule has 1 heterocycles. The molecule has 96 valence electrons. The summed E-state index contributed by atoms with van der Waals surface area (Å²) in [6.07, 6.45) is 3.70. The number of anilines is 1. The number of pyridine rings is 1. The van der Waals surface area contributed by atoms with Crippen LogP contribution in [0.5, 0.6) is 0 Å². The third-order valence-electron chi connectivity index (χ3n) is 2.56. The summed E-state index contributed by atoms with van der Waals surface area (Å²) < 4.78 is 0. The van der Waals surface area contributed by atoms with Crippen LogP contribution in [0.15, 0.2) is 29.4 Å². The van der Waals surface area contributed by atoms with Crippen LogP contribution in [0.2, 0.25) is 0 Å². The average Bonchev–Trinajstić information content (AvgIpc) is 3.20. The molecule has 1 aliphatic rings. The minimum atomic E-state index is 0.126. The van der Waals surface area contributed by atoms with E-state index in [0.29, 0.717) is 24.9 Å². The van der Waals surface area contributed by atoms with E-state index in [1.165, 1.54) is 0 Å². The fourth-order valence-electron chi connectivity index (χ4n) is 1.45. The monoisotopic (exact) mass is 247 g/mol. The van der Waals surface area contributed by atoms with Crippen LogP contribution < -0.4 is 16.4 Å². The Morgan fingerprint density at radius 3 is 3.00 bits per heavy atom. The minimum Gasteiger partial charge on any atom is -0.370 e. The molecule has 0 aromatic carbocycles. The Hall–Kier alpha value is -2.11. The van der Waals surface area contributed by atoms with Crippen LogP contribution in [-0.4, -0.2) is 29.9 Å². The zero-order valence-electron chi connectivity index (χ0n) is 10.1. The third kappa shape index (κ3) is 4.04. The molecule has 0 radical (unpaired) electrons. The van der Waals surface area contributed by atoms with E-state index >= 15 is 0 Å². The molecule has 1 fully saturated rings. The summed E-state index contributed by atoms with van der Waals surface area (Å²) in [5, 5.41) is 5.69. The molecule has 1 aromatic rings. The van der Waals surface area contributed by atoms with Gasteiger partial charge in [0.05, 0.1) is 6.54 Å². The van der Waals surface area contributed by atoms with E-state index in [-0.39, 0.29) is 11.8 Å². The maximum absolute atomic E-state index is 11.3. The predicted molar refractivity (Wildman–Crippen MR) is 70.1 cm³/mol. The number of amides is 1. The summed E-state index contributed by atoms with van der Waals surface area (Å²) in [5.74, 6) is 1.31. The van der Waals surface area contributed by atoms with Gasteiger partial charge in [0.25, 0.3) is 0 Å². The second kappa shape index (κ2) is 6.00. The number of aromatic nitrogens is 1. The van der Waals surface area contributed by atoms with Gasteiger partial charge in [-0.05, 0) is 25.0 Å². The zero-order chi connectivity index (χ0) is 12.8. The normalized spacial score (nSPS) is 15.2. The van der Waals surface area contributed by atoms with Crippen molar-refractivity contribution in [2.45, 2.75) is 12.8 Å². The van der Waals surface area contributed by atoms with E-state index in [4.69, 9.17) is 5.73 Å². The van der Waals surface area contributed by atoms with Gasteiger partial charge >= 0.3 is 0 Å². The highest BCUT2D eigenvalue weighted by molar-refractivity contribution is 5.91. The lowest BCUT2D eigenvalue weighted by molar-refractivity contribution is -0.122. The number of hydrogen-bond acceptors (Lipinski definition) is 3. The van der Waals surface area contributed by atoms with Crippen molar-refractivity contribution in [1.82, 2.24) is 10.3 Å². The van der Waals surface area contributed by atoms with Crippen molar-refractivity contribution in [2.24, 2.45) is 16.6 Å². The van der Waals surface area contributed by atoms with E-state index < -0.39 is 0 Å². The zero-order valence-corrected chi connectivity index (χ0v) is 10.1. The summed E-state index contributed by atoms with van der Waals surface area (Å²) in [7, 11) is 0. The number of rotatable bonds is 5. The van der Waals surface area contributed by atoms with Crippen molar-refractivity contribution in [2.75, 3.05) is 18.4 Å². The Bertz CT molecular complexity index is 427. The Labute approximate surface area is 106 Å². The lowest BCUT2D eigenvalue weighted by Crippen LogP contribution is -2.29. The van der Waals surface area contributed by atoms with Crippen molar-refractivity contribution in [3.63, 3.8) is 0 Å². The number of hydrogen-bond donors (Lipinski definition) is 3. The van der Waals surface area contributed by atoms with Gasteiger partial charge in [-0.15, -0.1) is 0 Å². The molecule has 18 heavy (non-hydrogen) atoms. The quantitative estimate of drug-likeness (QED) is 0.397. The Morgan fingerprint density at radius 2 is 2.33 bits per heavy atom. The van der Waals surface area contributed by atoms with Crippen molar-refractivity contribution in [3.05, 3.63) is 24.4 Å². The van der Waals surface area contributed by atoms with Gasteiger partial charge in [0.1, 0.15) is 5.82 Å². The average molecular weight is 247 g/mol. The van der Waals surface area contributed by atoms with Crippen LogP contribution in [0, 0.1) is 5.92 Å². The molecule has 0 bridgehead atoms. The number of guanidine groups is 1. The molecule has 0 aliphatic heterocycles. The maximum atomic E-state index is 11.3. The van der Waals surface area contributed by atoms with Gasteiger partial charge in [0.15, 0.2) is 5.96 Å². The number of carbonyl (C=O) groups excluding carboxylic acids is 1. The lowest BCUT2D eigenvalue weighted by atomic mass is 10.4. The van der Waals surface area contributed by atoms with E-state index in [2.05, 4.69) is 20.6 Å². The van der Waals surface area contributed by atoms with Gasteiger partial charge < -0.3 is 16.4 Å². The van der Waals surface area contributed by atoms with E-state index in [1.807, 2.05) is 12.1 Å². The molecule has 6 heteroatoms. The maximum Gasteiger partial charge on any atom is 0.223 e. The highest BCUT2D eigenvalue weighted by atomic mass is 16.2. The first-order chi connectivity index (χ1) is 8.75. The highest BCUT2D eigenvalue weighted by Crippen LogP contribution is 2.28. The van der Waals surface area contributed by atoms with E-state index in [1.54, 1.807) is 12.3 Å². The summed E-state index contributed by atoms with van der Waals surface area (Å²) in [4.78, 5) is 19.5. The number of nitrogens with one attached hydrogen (secondary N) is 2. The van der Waals surface area contributed by atoms with E-state index in [9.17, 15) is 4.79 Å². The molecule has 1 amide bonds. The van der Waals surface area contributed by atoms with Crippen molar-refractivity contribution in [3.8, 4) is 0 Å². The van der Waals surface area contributed by atoms with Gasteiger partial charge in [-0.1, -0.05) is 6.07 Å². The van der Waals surface area contributed by atoms with Crippen LogP contribution in [0.3, 0.4) is 0 Å². The number of aliphatic imine (C=N–C) groups is 1. The summed E-state index contributed by atoms with van der Waals surface area (Å²) in [6, 6.07) is 5.49. The van der Waals surface area contributed by atoms with Gasteiger partial charge in [0, 0.05) is 18.7 Å². The summed E-state index contributed by atoms with van der Waals surface area (Å²) >= 11 is 0. The standard InChI is InChI=1S/C12H17N5O/c13-12(17-10-3-1-2-6-14-10)16-8-7-15-11(18)9-4-5-9/h1-3,6,9H,4-5,7-8H2,(H,15,18)(H3,13,14,16,17). The van der Waals surface area contributed by atoms with Gasteiger partial charge in [-0.3, -0.25) is 9.79 Å². The van der Waals surface area contributed by atoms with E-state index in [0.717, 1.165) is 12.8 Å². The van der Waals surface area contributed by atoms with Gasteiger partial charge in [-0.2, -0.15) is 0 Å². The summed E-state index contributed by atoms with van der Waals surface area (Å²) in [5.41, 5.74) is 5.68. The van der Waals surface area contributed by atoms with Gasteiger partial charge in [-0.25, -0.2) is 4.98 Å². The minimum absolute atomic E-state index is 0.126. The fraction of sp³-hybridized carbons (Fsp3) is 0.417. The molecule has 0 spiro atoms. The molecule has 0 atom stereocenters. The Morgan fingerprint density at radius 1 is 1.50 bits per heavy atom. The van der Waals surface area contributed by atoms with Crippen molar-refractivity contribution in [1.29, 1.82) is 0 Å². The Kier molecular flexibility index (Phi) is 4.11. The van der Waals surface area contributed by atoms with Crippen LogP contribution in [0.1, 0.15) is 12.8 Å². The predicted octanol–water partition coefficient (Wildman–Crippen LogP) is 0.334. The molecule has 1 aromatic heterocycles. The Balaban J connectivity index is 1.67. The number of nitrogens with zero attached hydrogens (tertiary/aromatic N) is 2. The first kappa shape index (κ1) is 12.3. The van der Waals surface area contributed by atoms with Crippen LogP contribution in [0.4, 0.5) is 5.82 Å². The molecular formula is C12H17N5O. The largest absolute Gasteiger partial charge is 0.370 e. The smallest absolute Gasteiger partial charge is 0.223 e. The van der Waals surface area contributed by atoms with Crippen molar-refractivity contribution >= 4 is 17.7 Å². The molecule has 0 unspecified atom stereocenters. The lowest BCUT2D eigenvalue weighted by Gasteiger charge is -2.05. The second-order valence-corrected chi connectivity index (χ2v) is 4.17. The first-order valence-electron chi connectivity index (χ1n) is 6.01. The summed E-state index contributed by atoms with van der Waals surface area (Å²) in [6.45, 7) is 0.976. The number of nitrogens with two attached hydrogens (primary N) is 1. The topological polar surface area (TPSA) is 92.4 Å². The molecule has 4 N–H and O–H groups in total. The number of carbonyl (C=O) groups is 1. The molecule has 0 saturated heterocycles. The molecular weight excluding hydrogens is 230 g/mol. The molecule has 1 saturated carbocycles. The van der Waals surface area contributed by atoms with Gasteiger partial charge in [0.2, 0.25) is 5.91 Å². The molecule has 2 rings (SSSR count). The van der Waals surface area contributed by atoms with Crippen molar-refractivity contribution < 1.29 is 4.79 Å². The fourth-order valence-corrected chi connectivity index (χ4v) is 1.45. The van der Waals surface area contributed by atoms with Crippen LogP contribution in [-0.2, 0) is 4.79 Å². The molecule has 1 aliphatic carbocycles. The third-order valence-corrected chi connectivity index (χ3v) is 2.56.